The molecular weight excluding hydrogens is 398 g/mol. The van der Waals surface area contributed by atoms with E-state index in [0.717, 1.165) is 10.2 Å². The second-order valence-electron chi connectivity index (χ2n) is 6.25. The Balaban J connectivity index is 1.58. The van der Waals surface area contributed by atoms with E-state index in [4.69, 9.17) is 0 Å². The molecule has 144 valence electrons. The number of benzene rings is 2. The molecule has 2 aromatic carbocycles. The van der Waals surface area contributed by atoms with Crippen LogP contribution in [0.5, 0.6) is 0 Å². The number of rotatable bonds is 3. The first kappa shape index (κ1) is 18.4. The molecule has 28 heavy (non-hydrogen) atoms. The summed E-state index contributed by atoms with van der Waals surface area (Å²) >= 11 is 1.46. The molecule has 8 nitrogen and oxygen atoms in total. The van der Waals surface area contributed by atoms with Crippen LogP contribution in [0.4, 0.5) is 0 Å². The number of amides is 1. The number of aliphatic imine (C=N–C) groups is 1. The molecule has 1 aromatic heterocycles. The summed E-state index contributed by atoms with van der Waals surface area (Å²) in [5.74, 6) is -0.279. The highest BCUT2D eigenvalue weighted by Gasteiger charge is 2.31. The van der Waals surface area contributed by atoms with E-state index in [1.54, 1.807) is 25.1 Å². The Labute approximate surface area is 165 Å². The first-order valence-corrected chi connectivity index (χ1v) is 10.7. The zero-order valence-electron chi connectivity index (χ0n) is 15.1. The average Bonchev–Trinajstić information content (AvgIpc) is 3.14. The van der Waals surface area contributed by atoms with Crippen LogP contribution < -0.4 is 14.9 Å². The largest absolute Gasteiger partial charge is 0.318 e. The predicted octanol–water partition coefficient (Wildman–Crippen LogP) is 1.30. The quantitative estimate of drug-likeness (QED) is 0.630. The van der Waals surface area contributed by atoms with Gasteiger partial charge in [0.2, 0.25) is 4.80 Å². The molecule has 0 unspecified atom stereocenters. The zero-order valence-corrected chi connectivity index (χ0v) is 16.7. The van der Waals surface area contributed by atoms with Crippen molar-refractivity contribution in [1.29, 1.82) is 0 Å². The summed E-state index contributed by atoms with van der Waals surface area (Å²) < 4.78 is 29.6. The third-order valence-electron chi connectivity index (χ3n) is 4.34. The Bertz CT molecular complexity index is 1290. The second-order valence-corrected chi connectivity index (χ2v) is 8.91. The first-order valence-electron chi connectivity index (χ1n) is 8.45. The summed E-state index contributed by atoms with van der Waals surface area (Å²) in [6, 6.07) is 13.5. The van der Waals surface area contributed by atoms with E-state index in [0.29, 0.717) is 10.4 Å². The van der Waals surface area contributed by atoms with Crippen LogP contribution in [-0.4, -0.2) is 30.8 Å². The number of thiazole rings is 1. The molecule has 10 heteroatoms. The van der Waals surface area contributed by atoms with Crippen molar-refractivity contribution in [2.45, 2.75) is 17.9 Å². The smallest absolute Gasteiger partial charge is 0.264 e. The van der Waals surface area contributed by atoms with Crippen LogP contribution >= 0.6 is 11.3 Å². The summed E-state index contributed by atoms with van der Waals surface area (Å²) in [4.78, 5) is 17.4. The van der Waals surface area contributed by atoms with Crippen LogP contribution in [0.2, 0.25) is 0 Å². The van der Waals surface area contributed by atoms with Gasteiger partial charge in [0.1, 0.15) is 11.9 Å². The van der Waals surface area contributed by atoms with Gasteiger partial charge in [-0.2, -0.15) is 0 Å². The third kappa shape index (κ3) is 3.20. The molecule has 1 aliphatic rings. The van der Waals surface area contributed by atoms with Gasteiger partial charge in [0.05, 0.1) is 15.1 Å². The fourth-order valence-electron chi connectivity index (χ4n) is 2.87. The fraction of sp³-hybridized carbons (Fsp3) is 0.167. The molecule has 0 spiro atoms. The van der Waals surface area contributed by atoms with Crippen LogP contribution in [0.25, 0.3) is 10.2 Å². The summed E-state index contributed by atoms with van der Waals surface area (Å²) in [6.45, 7) is 1.58. The zero-order chi connectivity index (χ0) is 19.9. The van der Waals surface area contributed by atoms with Crippen LogP contribution in [0.1, 0.15) is 12.5 Å². The van der Waals surface area contributed by atoms with E-state index in [1.807, 2.05) is 35.9 Å². The summed E-state index contributed by atoms with van der Waals surface area (Å²) in [7, 11) is -1.77. The molecular formula is C18H17N5O3S2. The van der Waals surface area contributed by atoms with Crippen molar-refractivity contribution in [2.75, 3.05) is 0 Å². The number of sulfonamides is 1. The lowest BCUT2D eigenvalue weighted by Crippen LogP contribution is -2.32. The van der Waals surface area contributed by atoms with Gasteiger partial charge in [-0.1, -0.05) is 35.6 Å². The minimum atomic E-state index is -3.64. The lowest BCUT2D eigenvalue weighted by Gasteiger charge is -2.06. The van der Waals surface area contributed by atoms with Gasteiger partial charge in [-0.3, -0.25) is 14.5 Å². The fourth-order valence-corrected chi connectivity index (χ4v) is 5.09. The number of hydrogen-bond donors (Lipinski definition) is 2. The Hall–Kier alpha value is -2.98. The maximum atomic E-state index is 12.4. The van der Waals surface area contributed by atoms with E-state index >= 15 is 0 Å². The SMILES string of the molecule is C[C@H](N=C1NS(=O)(=O)c2ccccc21)C(=O)N/N=c1/sc2ccccc2n1C. The molecule has 1 amide bonds. The number of aromatic nitrogens is 1. The molecule has 0 bridgehead atoms. The molecule has 0 saturated carbocycles. The molecule has 0 fully saturated rings. The van der Waals surface area contributed by atoms with Gasteiger partial charge in [-0.15, -0.1) is 5.10 Å². The Morgan fingerprint density at radius 3 is 2.68 bits per heavy atom. The molecule has 2 heterocycles. The number of nitrogens with one attached hydrogen (secondary N) is 2. The highest BCUT2D eigenvalue weighted by molar-refractivity contribution is 7.90. The number of carbonyl (C=O) groups is 1. The third-order valence-corrected chi connectivity index (χ3v) is 6.85. The Morgan fingerprint density at radius 1 is 1.18 bits per heavy atom. The van der Waals surface area contributed by atoms with E-state index in [-0.39, 0.29) is 10.7 Å². The standard InChI is InChI=1S/C18H17N5O3S2/c1-11(19-16-12-7-3-6-10-15(12)28(25,26)22-16)17(24)20-21-18-23(2)13-8-4-5-9-14(13)27-18/h3-11H,1-2H3,(H,19,22)(H,20,24)/b21-18+/t11-/m0/s1. The number of aryl methyl sites for hydroxylation is 1. The van der Waals surface area contributed by atoms with Crippen molar-refractivity contribution in [3.63, 3.8) is 0 Å². The molecule has 2 N–H and O–H groups in total. The summed E-state index contributed by atoms with van der Waals surface area (Å²) in [5, 5.41) is 4.19. The number of para-hydroxylation sites is 1. The van der Waals surface area contributed by atoms with Gasteiger partial charge in [0.15, 0.2) is 0 Å². The summed E-state index contributed by atoms with van der Waals surface area (Å²) in [6.07, 6.45) is 0. The van der Waals surface area contributed by atoms with Gasteiger partial charge >= 0.3 is 0 Å². The molecule has 1 atom stereocenters. The maximum absolute atomic E-state index is 12.4. The van der Waals surface area contributed by atoms with Gasteiger partial charge in [-0.05, 0) is 31.2 Å². The van der Waals surface area contributed by atoms with Gasteiger partial charge in [0.25, 0.3) is 15.9 Å². The van der Waals surface area contributed by atoms with Crippen molar-refractivity contribution in [3.05, 3.63) is 58.9 Å². The average molecular weight is 416 g/mol. The minimum Gasteiger partial charge on any atom is -0.318 e. The van der Waals surface area contributed by atoms with Crippen LogP contribution in [0, 0.1) is 0 Å². The molecule has 1 aliphatic heterocycles. The molecule has 0 aliphatic carbocycles. The Kier molecular flexibility index (Phi) is 4.52. The van der Waals surface area contributed by atoms with Crippen molar-refractivity contribution < 1.29 is 13.2 Å². The number of amidine groups is 1. The predicted molar refractivity (Wildman–Crippen MR) is 107 cm³/mol. The number of fused-ring (bicyclic) bond motifs is 2. The molecule has 0 saturated heterocycles. The number of carbonyl (C=O) groups excluding carboxylic acids is 1. The number of hydrogen-bond acceptors (Lipinski definition) is 6. The lowest BCUT2D eigenvalue weighted by molar-refractivity contribution is -0.121. The van der Waals surface area contributed by atoms with Gasteiger partial charge in [-0.25, -0.2) is 13.8 Å². The highest BCUT2D eigenvalue weighted by Crippen LogP contribution is 2.22. The van der Waals surface area contributed by atoms with Crippen molar-refractivity contribution in [1.82, 2.24) is 14.7 Å². The van der Waals surface area contributed by atoms with Crippen LogP contribution in [0.15, 0.2) is 63.5 Å². The first-order chi connectivity index (χ1) is 13.4. The van der Waals surface area contributed by atoms with Crippen molar-refractivity contribution in [3.8, 4) is 0 Å². The van der Waals surface area contributed by atoms with Gasteiger partial charge in [0, 0.05) is 12.6 Å². The summed E-state index contributed by atoms with van der Waals surface area (Å²) in [5.41, 5.74) is 3.98. The van der Waals surface area contributed by atoms with Crippen LogP contribution in [-0.2, 0) is 21.9 Å². The highest BCUT2D eigenvalue weighted by atomic mass is 32.2. The topological polar surface area (TPSA) is 105 Å². The van der Waals surface area contributed by atoms with E-state index < -0.39 is 22.0 Å². The van der Waals surface area contributed by atoms with Crippen molar-refractivity contribution >= 4 is 43.3 Å². The Morgan fingerprint density at radius 2 is 1.89 bits per heavy atom. The maximum Gasteiger partial charge on any atom is 0.264 e. The molecule has 0 radical (unpaired) electrons. The van der Waals surface area contributed by atoms with Gasteiger partial charge < -0.3 is 4.57 Å². The van der Waals surface area contributed by atoms with Crippen molar-refractivity contribution in [2.24, 2.45) is 17.1 Å². The monoisotopic (exact) mass is 415 g/mol. The molecule has 3 aromatic rings. The van der Waals surface area contributed by atoms with E-state index in [2.05, 4.69) is 20.2 Å². The van der Waals surface area contributed by atoms with Crippen LogP contribution in [0.3, 0.4) is 0 Å². The normalized spacial score (nSPS) is 18.1. The minimum absolute atomic E-state index is 0.156. The second kappa shape index (κ2) is 6.88. The van der Waals surface area contributed by atoms with E-state index in [1.165, 1.54) is 17.4 Å². The number of nitrogens with zero attached hydrogens (tertiary/aromatic N) is 3. The lowest BCUT2D eigenvalue weighted by atomic mass is 10.2. The molecule has 4 rings (SSSR count). The van der Waals surface area contributed by atoms with E-state index in [9.17, 15) is 13.2 Å².